The van der Waals surface area contributed by atoms with Crippen molar-refractivity contribution in [1.29, 1.82) is 0 Å². The third kappa shape index (κ3) is 3.85. The van der Waals surface area contributed by atoms with E-state index >= 15 is 0 Å². The van der Waals surface area contributed by atoms with Gasteiger partial charge in [-0.3, -0.25) is 4.79 Å². The molecule has 1 unspecified atom stereocenters. The topological polar surface area (TPSA) is 93.5 Å². The van der Waals surface area contributed by atoms with Gasteiger partial charge in [-0.2, -0.15) is 5.10 Å². The zero-order chi connectivity index (χ0) is 13.7. The fourth-order valence-electron chi connectivity index (χ4n) is 1.28. The molecule has 0 radical (unpaired) electrons. The van der Waals surface area contributed by atoms with E-state index in [1.807, 2.05) is 13.8 Å². The van der Waals surface area contributed by atoms with Crippen LogP contribution in [0.15, 0.2) is 12.3 Å². The van der Waals surface area contributed by atoms with Crippen molar-refractivity contribution in [2.24, 2.45) is 0 Å². The van der Waals surface area contributed by atoms with Gasteiger partial charge >= 0.3 is 5.97 Å². The van der Waals surface area contributed by atoms with Crippen molar-refractivity contribution >= 4 is 17.7 Å². The average molecular weight is 255 g/mol. The highest BCUT2D eigenvalue weighted by Gasteiger charge is 2.14. The first kappa shape index (κ1) is 14.2. The predicted octanol–water partition coefficient (Wildman–Crippen LogP) is 0.892. The van der Waals surface area contributed by atoms with Crippen molar-refractivity contribution in [3.8, 4) is 0 Å². The number of amides is 1. The fourth-order valence-corrected chi connectivity index (χ4v) is 1.28. The van der Waals surface area contributed by atoms with Crippen molar-refractivity contribution in [3.05, 3.63) is 12.3 Å². The quantitative estimate of drug-likeness (QED) is 0.787. The van der Waals surface area contributed by atoms with Gasteiger partial charge in [-0.15, -0.1) is 0 Å². The summed E-state index contributed by atoms with van der Waals surface area (Å²) in [7, 11) is 0. The number of hydrogen-bond acceptors (Lipinski definition) is 4. The van der Waals surface area contributed by atoms with Crippen molar-refractivity contribution < 1.29 is 19.4 Å². The molecule has 0 aliphatic heterocycles. The lowest BCUT2D eigenvalue weighted by atomic mass is 10.4. The zero-order valence-electron chi connectivity index (χ0n) is 10.6. The molecule has 0 saturated heterocycles. The maximum absolute atomic E-state index is 11.5. The average Bonchev–Trinajstić information content (AvgIpc) is 2.73. The standard InChI is InChI=1S/C11H17N3O4/c1-7(2)14-9(4-5-12-14)13-10(15)6-18-8(3)11(16)17/h4-5,7-8H,6H2,1-3H3,(H,13,15)(H,16,17). The van der Waals surface area contributed by atoms with Crippen molar-refractivity contribution in [3.63, 3.8) is 0 Å². The number of hydrogen-bond donors (Lipinski definition) is 2. The third-order valence-corrected chi connectivity index (χ3v) is 2.24. The van der Waals surface area contributed by atoms with Crippen LogP contribution in [0.25, 0.3) is 0 Å². The minimum absolute atomic E-state index is 0.120. The number of anilines is 1. The van der Waals surface area contributed by atoms with Crippen LogP contribution in [-0.4, -0.2) is 39.5 Å². The summed E-state index contributed by atoms with van der Waals surface area (Å²) in [6, 6.07) is 1.78. The second-order valence-corrected chi connectivity index (χ2v) is 4.09. The highest BCUT2D eigenvalue weighted by molar-refractivity contribution is 5.91. The molecule has 1 aromatic heterocycles. The molecule has 0 aliphatic rings. The van der Waals surface area contributed by atoms with E-state index in [0.29, 0.717) is 5.82 Å². The van der Waals surface area contributed by atoms with Crippen LogP contribution in [0.1, 0.15) is 26.8 Å². The molecule has 1 amide bonds. The largest absolute Gasteiger partial charge is 0.479 e. The molecule has 7 nitrogen and oxygen atoms in total. The Morgan fingerprint density at radius 2 is 2.17 bits per heavy atom. The smallest absolute Gasteiger partial charge is 0.332 e. The van der Waals surface area contributed by atoms with Crippen molar-refractivity contribution in [2.45, 2.75) is 32.9 Å². The monoisotopic (exact) mass is 255 g/mol. The molecule has 0 aromatic carbocycles. The maximum atomic E-state index is 11.5. The second-order valence-electron chi connectivity index (χ2n) is 4.09. The van der Waals surface area contributed by atoms with Crippen LogP contribution < -0.4 is 5.32 Å². The lowest BCUT2D eigenvalue weighted by Crippen LogP contribution is -2.27. The Balaban J connectivity index is 2.50. The van der Waals surface area contributed by atoms with E-state index in [4.69, 9.17) is 9.84 Å². The molecule has 18 heavy (non-hydrogen) atoms. The summed E-state index contributed by atoms with van der Waals surface area (Å²) in [4.78, 5) is 22.0. The van der Waals surface area contributed by atoms with Gasteiger partial charge < -0.3 is 15.2 Å². The van der Waals surface area contributed by atoms with E-state index in [1.165, 1.54) is 6.92 Å². The van der Waals surface area contributed by atoms with Crippen LogP contribution in [0, 0.1) is 0 Å². The molecule has 1 atom stereocenters. The van der Waals surface area contributed by atoms with Crippen LogP contribution in [0.4, 0.5) is 5.82 Å². The molecule has 0 spiro atoms. The summed E-state index contributed by atoms with van der Waals surface area (Å²) >= 11 is 0. The van der Waals surface area contributed by atoms with Crippen molar-refractivity contribution in [1.82, 2.24) is 9.78 Å². The van der Waals surface area contributed by atoms with Gasteiger partial charge in [0.2, 0.25) is 0 Å². The molecule has 1 rings (SSSR count). The van der Waals surface area contributed by atoms with Crippen LogP contribution in [0.5, 0.6) is 0 Å². The van der Waals surface area contributed by atoms with E-state index in [9.17, 15) is 9.59 Å². The molecule has 1 heterocycles. The summed E-state index contributed by atoms with van der Waals surface area (Å²) in [6.07, 6.45) is 0.571. The molecule has 1 aromatic rings. The van der Waals surface area contributed by atoms with Crippen molar-refractivity contribution in [2.75, 3.05) is 11.9 Å². The van der Waals surface area contributed by atoms with E-state index in [0.717, 1.165) is 0 Å². The predicted molar refractivity (Wildman–Crippen MR) is 64.3 cm³/mol. The highest BCUT2D eigenvalue weighted by Crippen LogP contribution is 2.12. The van der Waals surface area contributed by atoms with Gasteiger partial charge in [0.1, 0.15) is 12.4 Å². The number of aromatic nitrogens is 2. The first-order valence-corrected chi connectivity index (χ1v) is 5.59. The molecule has 0 saturated carbocycles. The third-order valence-electron chi connectivity index (χ3n) is 2.24. The first-order valence-electron chi connectivity index (χ1n) is 5.59. The Hall–Kier alpha value is -1.89. The van der Waals surface area contributed by atoms with Crippen LogP contribution >= 0.6 is 0 Å². The summed E-state index contributed by atoms with van der Waals surface area (Å²) < 4.78 is 6.52. The molecular formula is C11H17N3O4. The maximum Gasteiger partial charge on any atom is 0.332 e. The first-order chi connectivity index (χ1) is 8.41. The summed E-state index contributed by atoms with van der Waals surface area (Å²) in [5, 5.41) is 15.3. The molecule has 0 bridgehead atoms. The fraction of sp³-hybridized carbons (Fsp3) is 0.545. The van der Waals surface area contributed by atoms with Gasteiger partial charge in [-0.1, -0.05) is 0 Å². The van der Waals surface area contributed by atoms with Crippen LogP contribution in [-0.2, 0) is 14.3 Å². The number of nitrogens with zero attached hydrogens (tertiary/aromatic N) is 2. The SMILES string of the molecule is CC(OCC(=O)Nc1ccnn1C(C)C)C(=O)O. The van der Waals surface area contributed by atoms with Gasteiger partial charge in [-0.25, -0.2) is 9.48 Å². The van der Waals surface area contributed by atoms with E-state index in [1.54, 1.807) is 16.9 Å². The molecular weight excluding hydrogens is 238 g/mol. The van der Waals surface area contributed by atoms with Gasteiger partial charge in [0.05, 0.1) is 6.20 Å². The van der Waals surface area contributed by atoms with E-state index in [2.05, 4.69) is 10.4 Å². The Kier molecular flexibility index (Phi) is 4.85. The van der Waals surface area contributed by atoms with Gasteiger partial charge in [0.25, 0.3) is 5.91 Å². The molecule has 0 aliphatic carbocycles. The van der Waals surface area contributed by atoms with Crippen LogP contribution in [0.2, 0.25) is 0 Å². The lowest BCUT2D eigenvalue weighted by Gasteiger charge is -2.12. The van der Waals surface area contributed by atoms with Crippen LogP contribution in [0.3, 0.4) is 0 Å². The Morgan fingerprint density at radius 3 is 2.72 bits per heavy atom. The molecule has 100 valence electrons. The molecule has 7 heteroatoms. The highest BCUT2D eigenvalue weighted by atomic mass is 16.5. The number of carboxylic acids is 1. The Morgan fingerprint density at radius 1 is 1.50 bits per heavy atom. The van der Waals surface area contributed by atoms with Gasteiger partial charge in [-0.05, 0) is 20.8 Å². The van der Waals surface area contributed by atoms with E-state index in [-0.39, 0.29) is 12.6 Å². The second kappa shape index (κ2) is 6.15. The number of carboxylic acid groups (broad SMARTS) is 1. The van der Waals surface area contributed by atoms with Gasteiger partial charge in [0, 0.05) is 12.1 Å². The minimum atomic E-state index is -1.10. The summed E-state index contributed by atoms with van der Waals surface area (Å²) in [6.45, 7) is 4.93. The Labute approximate surface area is 105 Å². The summed E-state index contributed by atoms with van der Waals surface area (Å²) in [5.74, 6) is -0.956. The number of ether oxygens (including phenoxy) is 1. The van der Waals surface area contributed by atoms with Gasteiger partial charge in [0.15, 0.2) is 6.10 Å². The number of rotatable bonds is 6. The molecule has 2 N–H and O–H groups in total. The number of aliphatic carboxylic acids is 1. The molecule has 0 fully saturated rings. The number of carbonyl (C=O) groups is 2. The number of carbonyl (C=O) groups excluding carboxylic acids is 1. The van der Waals surface area contributed by atoms with E-state index < -0.39 is 18.0 Å². The normalized spacial score (nSPS) is 12.4. The minimum Gasteiger partial charge on any atom is -0.479 e. The lowest BCUT2D eigenvalue weighted by molar-refractivity contribution is -0.150. The zero-order valence-corrected chi connectivity index (χ0v) is 10.6. The number of nitrogens with one attached hydrogen (secondary N) is 1. The summed E-state index contributed by atoms with van der Waals surface area (Å²) in [5.41, 5.74) is 0. The Bertz CT molecular complexity index is 428.